The zero-order valence-electron chi connectivity index (χ0n) is 12.7. The molecule has 1 aliphatic heterocycles. The lowest BCUT2D eigenvalue weighted by molar-refractivity contribution is 0.0863. The topological polar surface area (TPSA) is 24.5 Å². The van der Waals surface area contributed by atoms with Crippen LogP contribution in [0.25, 0.3) is 0 Å². The SMILES string of the molecule is CCNCc1cccc(COCCN2CCCCC2)c1. The van der Waals surface area contributed by atoms with E-state index in [1.165, 1.54) is 43.5 Å². The van der Waals surface area contributed by atoms with Gasteiger partial charge in [0.05, 0.1) is 13.2 Å². The van der Waals surface area contributed by atoms with Gasteiger partial charge < -0.3 is 15.0 Å². The smallest absolute Gasteiger partial charge is 0.0717 e. The van der Waals surface area contributed by atoms with Gasteiger partial charge in [-0.15, -0.1) is 0 Å². The molecule has 20 heavy (non-hydrogen) atoms. The molecular weight excluding hydrogens is 248 g/mol. The average molecular weight is 276 g/mol. The number of piperidine rings is 1. The Morgan fingerprint density at radius 3 is 2.75 bits per heavy atom. The van der Waals surface area contributed by atoms with Crippen LogP contribution in [0.5, 0.6) is 0 Å². The van der Waals surface area contributed by atoms with Crippen molar-refractivity contribution in [3.63, 3.8) is 0 Å². The highest BCUT2D eigenvalue weighted by Gasteiger charge is 2.08. The van der Waals surface area contributed by atoms with Crippen molar-refractivity contribution in [3.05, 3.63) is 35.4 Å². The second-order valence-electron chi connectivity index (χ2n) is 5.56. The van der Waals surface area contributed by atoms with Crippen molar-refractivity contribution in [3.8, 4) is 0 Å². The lowest BCUT2D eigenvalue weighted by Crippen LogP contribution is -2.32. The van der Waals surface area contributed by atoms with Gasteiger partial charge in [-0.25, -0.2) is 0 Å². The summed E-state index contributed by atoms with van der Waals surface area (Å²) in [5.74, 6) is 0. The van der Waals surface area contributed by atoms with Crippen LogP contribution in [0.2, 0.25) is 0 Å². The van der Waals surface area contributed by atoms with Crippen LogP contribution >= 0.6 is 0 Å². The van der Waals surface area contributed by atoms with Gasteiger partial charge in [-0.3, -0.25) is 0 Å². The molecule has 1 N–H and O–H groups in total. The van der Waals surface area contributed by atoms with Crippen molar-refractivity contribution in [1.82, 2.24) is 10.2 Å². The summed E-state index contributed by atoms with van der Waals surface area (Å²) >= 11 is 0. The molecule has 0 aromatic heterocycles. The van der Waals surface area contributed by atoms with Crippen LogP contribution in [-0.4, -0.2) is 37.7 Å². The number of nitrogens with zero attached hydrogens (tertiary/aromatic N) is 1. The quantitative estimate of drug-likeness (QED) is 0.739. The van der Waals surface area contributed by atoms with Gasteiger partial charge in [0.15, 0.2) is 0 Å². The summed E-state index contributed by atoms with van der Waals surface area (Å²) in [6.45, 7) is 9.24. The minimum Gasteiger partial charge on any atom is -0.375 e. The standard InChI is InChI=1S/C17H28N2O/c1-2-18-14-16-7-6-8-17(13-16)15-20-12-11-19-9-4-3-5-10-19/h6-8,13,18H,2-5,9-12,14-15H2,1H3. The molecule has 1 aromatic rings. The summed E-state index contributed by atoms with van der Waals surface area (Å²) < 4.78 is 5.82. The van der Waals surface area contributed by atoms with Gasteiger partial charge in [0.25, 0.3) is 0 Å². The van der Waals surface area contributed by atoms with E-state index in [1.54, 1.807) is 0 Å². The second-order valence-corrected chi connectivity index (χ2v) is 5.56. The van der Waals surface area contributed by atoms with Crippen molar-refractivity contribution in [1.29, 1.82) is 0 Å². The van der Waals surface area contributed by atoms with Gasteiger partial charge in [0, 0.05) is 13.1 Å². The van der Waals surface area contributed by atoms with E-state index in [0.29, 0.717) is 0 Å². The summed E-state index contributed by atoms with van der Waals surface area (Å²) in [5.41, 5.74) is 2.61. The lowest BCUT2D eigenvalue weighted by atomic mass is 10.1. The van der Waals surface area contributed by atoms with Crippen LogP contribution in [0.15, 0.2) is 24.3 Å². The first-order chi connectivity index (χ1) is 9.88. The fourth-order valence-corrected chi connectivity index (χ4v) is 2.67. The first-order valence-electron chi connectivity index (χ1n) is 7.97. The van der Waals surface area contributed by atoms with Crippen LogP contribution in [0.3, 0.4) is 0 Å². The Hall–Kier alpha value is -0.900. The molecule has 3 nitrogen and oxygen atoms in total. The number of ether oxygens (including phenoxy) is 1. The first-order valence-corrected chi connectivity index (χ1v) is 7.97. The zero-order valence-corrected chi connectivity index (χ0v) is 12.7. The van der Waals surface area contributed by atoms with Gasteiger partial charge in [0.2, 0.25) is 0 Å². The van der Waals surface area contributed by atoms with E-state index >= 15 is 0 Å². The largest absolute Gasteiger partial charge is 0.375 e. The van der Waals surface area contributed by atoms with E-state index in [4.69, 9.17) is 4.74 Å². The maximum absolute atomic E-state index is 5.82. The molecule has 0 bridgehead atoms. The van der Waals surface area contributed by atoms with Gasteiger partial charge in [-0.05, 0) is 43.6 Å². The Morgan fingerprint density at radius 2 is 1.95 bits per heavy atom. The van der Waals surface area contributed by atoms with Crippen LogP contribution in [-0.2, 0) is 17.9 Å². The normalized spacial score (nSPS) is 16.4. The average Bonchev–Trinajstić information content (AvgIpc) is 2.51. The number of hydrogen-bond donors (Lipinski definition) is 1. The van der Waals surface area contributed by atoms with Gasteiger partial charge in [0.1, 0.15) is 0 Å². The summed E-state index contributed by atoms with van der Waals surface area (Å²) in [6, 6.07) is 8.68. The number of nitrogens with one attached hydrogen (secondary N) is 1. The van der Waals surface area contributed by atoms with Crippen LogP contribution < -0.4 is 5.32 Å². The Labute approximate surface area is 123 Å². The predicted molar refractivity (Wildman–Crippen MR) is 83.8 cm³/mol. The maximum Gasteiger partial charge on any atom is 0.0717 e. The molecule has 0 aliphatic carbocycles. The van der Waals surface area contributed by atoms with Crippen molar-refractivity contribution < 1.29 is 4.74 Å². The molecule has 1 aliphatic rings. The minimum atomic E-state index is 0.730. The monoisotopic (exact) mass is 276 g/mol. The summed E-state index contributed by atoms with van der Waals surface area (Å²) in [6.07, 6.45) is 4.11. The lowest BCUT2D eigenvalue weighted by Gasteiger charge is -2.26. The molecule has 3 heteroatoms. The Morgan fingerprint density at radius 1 is 1.15 bits per heavy atom. The van der Waals surface area contributed by atoms with E-state index in [0.717, 1.165) is 32.8 Å². The van der Waals surface area contributed by atoms with E-state index in [-0.39, 0.29) is 0 Å². The first kappa shape index (κ1) is 15.5. The molecule has 1 fully saturated rings. The van der Waals surface area contributed by atoms with E-state index < -0.39 is 0 Å². The molecule has 0 amide bonds. The highest BCUT2D eigenvalue weighted by molar-refractivity contribution is 5.22. The minimum absolute atomic E-state index is 0.730. The molecule has 0 spiro atoms. The molecular formula is C17H28N2O. The van der Waals surface area contributed by atoms with Crippen LogP contribution in [0, 0.1) is 0 Å². The molecule has 0 saturated carbocycles. The summed E-state index contributed by atoms with van der Waals surface area (Å²) in [5, 5.41) is 3.35. The fourth-order valence-electron chi connectivity index (χ4n) is 2.67. The Bertz CT molecular complexity index is 375. The van der Waals surface area contributed by atoms with Crippen molar-refractivity contribution >= 4 is 0 Å². The van der Waals surface area contributed by atoms with Gasteiger partial charge in [-0.1, -0.05) is 37.6 Å². The van der Waals surface area contributed by atoms with Crippen molar-refractivity contribution in [2.45, 2.75) is 39.3 Å². The van der Waals surface area contributed by atoms with E-state index in [1.807, 2.05) is 0 Å². The van der Waals surface area contributed by atoms with E-state index in [9.17, 15) is 0 Å². The summed E-state index contributed by atoms with van der Waals surface area (Å²) in [4.78, 5) is 2.52. The van der Waals surface area contributed by atoms with Crippen LogP contribution in [0.4, 0.5) is 0 Å². The Kier molecular flexibility index (Phi) is 7.06. The fraction of sp³-hybridized carbons (Fsp3) is 0.647. The number of likely N-dealkylation sites (tertiary alicyclic amines) is 1. The third-order valence-corrected chi connectivity index (χ3v) is 3.84. The highest BCUT2D eigenvalue weighted by Crippen LogP contribution is 2.09. The van der Waals surface area contributed by atoms with Gasteiger partial charge >= 0.3 is 0 Å². The molecule has 1 heterocycles. The van der Waals surface area contributed by atoms with Crippen molar-refractivity contribution in [2.24, 2.45) is 0 Å². The Balaban J connectivity index is 1.65. The third-order valence-electron chi connectivity index (χ3n) is 3.84. The molecule has 0 atom stereocenters. The zero-order chi connectivity index (χ0) is 14.0. The molecule has 2 rings (SSSR count). The maximum atomic E-state index is 5.82. The second kappa shape index (κ2) is 9.11. The van der Waals surface area contributed by atoms with Gasteiger partial charge in [-0.2, -0.15) is 0 Å². The number of benzene rings is 1. The molecule has 0 unspecified atom stereocenters. The number of hydrogen-bond acceptors (Lipinski definition) is 3. The third kappa shape index (κ3) is 5.61. The highest BCUT2D eigenvalue weighted by atomic mass is 16.5. The molecule has 112 valence electrons. The molecule has 1 saturated heterocycles. The molecule has 0 radical (unpaired) electrons. The predicted octanol–water partition coefficient (Wildman–Crippen LogP) is 2.80. The number of rotatable bonds is 8. The molecule has 1 aromatic carbocycles. The van der Waals surface area contributed by atoms with Crippen molar-refractivity contribution in [2.75, 3.05) is 32.8 Å². The summed E-state index contributed by atoms with van der Waals surface area (Å²) in [7, 11) is 0. The van der Waals surface area contributed by atoms with E-state index in [2.05, 4.69) is 41.4 Å². The van der Waals surface area contributed by atoms with Crippen LogP contribution in [0.1, 0.15) is 37.3 Å².